The molecule has 1 aromatic carbocycles. The van der Waals surface area contributed by atoms with Crippen molar-refractivity contribution < 1.29 is 5.11 Å². The smallest absolute Gasteiger partial charge is 0.0722 e. The molecule has 0 bridgehead atoms. The minimum atomic E-state index is -0.421. The summed E-state index contributed by atoms with van der Waals surface area (Å²) in [6.45, 7) is 5.52. The van der Waals surface area contributed by atoms with Crippen LogP contribution in [-0.2, 0) is 0 Å². The lowest BCUT2D eigenvalue weighted by Crippen LogP contribution is -2.01. The Bertz CT molecular complexity index is 309. The Morgan fingerprint density at radius 1 is 1.43 bits per heavy atom. The number of benzene rings is 1. The molecule has 1 aromatic rings. The average Bonchev–Trinajstić information content (AvgIpc) is 2.19. The molecule has 0 aromatic heterocycles. The summed E-state index contributed by atoms with van der Waals surface area (Å²) in [7, 11) is 0. The molecule has 1 N–H and O–H groups in total. The van der Waals surface area contributed by atoms with E-state index in [1.165, 1.54) is 5.56 Å². The number of hydrogen-bond acceptors (Lipinski definition) is 1. The third kappa shape index (κ3) is 3.58. The molecule has 1 heteroatoms. The maximum Gasteiger partial charge on any atom is 0.0722 e. The van der Waals surface area contributed by atoms with Crippen molar-refractivity contribution in [3.63, 3.8) is 0 Å². The second-order valence-electron chi connectivity index (χ2n) is 3.35. The lowest BCUT2D eigenvalue weighted by Gasteiger charge is -2.04. The number of rotatable bonds is 4. The fraction of sp³-hybridized carbons (Fsp3) is 0.231. The minimum Gasteiger partial charge on any atom is -0.389 e. The summed E-state index contributed by atoms with van der Waals surface area (Å²) in [5, 5.41) is 9.18. The Kier molecular flexibility index (Phi) is 4.14. The van der Waals surface area contributed by atoms with Gasteiger partial charge >= 0.3 is 0 Å². The van der Waals surface area contributed by atoms with E-state index in [1.807, 2.05) is 42.5 Å². The Morgan fingerprint density at radius 2 is 2.07 bits per heavy atom. The molecule has 1 atom stereocenters. The zero-order valence-electron chi connectivity index (χ0n) is 8.48. The van der Waals surface area contributed by atoms with Gasteiger partial charge in [-0.3, -0.25) is 0 Å². The van der Waals surface area contributed by atoms with Gasteiger partial charge in [0.15, 0.2) is 0 Å². The highest BCUT2D eigenvalue weighted by Gasteiger charge is 1.97. The monoisotopic (exact) mass is 188 g/mol. The zero-order valence-corrected chi connectivity index (χ0v) is 8.48. The van der Waals surface area contributed by atoms with Gasteiger partial charge in [0.1, 0.15) is 0 Å². The first-order valence-corrected chi connectivity index (χ1v) is 4.77. The summed E-state index contributed by atoms with van der Waals surface area (Å²) >= 11 is 0. The molecule has 0 radical (unpaired) electrons. The lowest BCUT2D eigenvalue weighted by molar-refractivity contribution is 0.229. The largest absolute Gasteiger partial charge is 0.389 e. The molecular weight excluding hydrogens is 172 g/mol. The van der Waals surface area contributed by atoms with Gasteiger partial charge in [0.05, 0.1) is 6.10 Å². The van der Waals surface area contributed by atoms with Crippen LogP contribution in [0.4, 0.5) is 0 Å². The maximum atomic E-state index is 9.18. The second kappa shape index (κ2) is 5.40. The molecule has 0 heterocycles. The van der Waals surface area contributed by atoms with Crippen molar-refractivity contribution in [2.24, 2.45) is 0 Å². The number of aliphatic hydroxyl groups is 1. The van der Waals surface area contributed by atoms with E-state index in [0.717, 1.165) is 12.0 Å². The fourth-order valence-corrected chi connectivity index (χ4v) is 1.08. The lowest BCUT2D eigenvalue weighted by atomic mass is 10.1. The predicted molar refractivity (Wildman–Crippen MR) is 60.9 cm³/mol. The van der Waals surface area contributed by atoms with Crippen molar-refractivity contribution in [2.45, 2.75) is 19.4 Å². The van der Waals surface area contributed by atoms with Crippen LogP contribution in [-0.4, -0.2) is 11.2 Å². The van der Waals surface area contributed by atoms with Crippen molar-refractivity contribution in [3.8, 4) is 0 Å². The molecule has 1 nitrogen and oxygen atoms in total. The summed E-state index contributed by atoms with van der Waals surface area (Å²) in [6, 6.07) is 10.1. The van der Waals surface area contributed by atoms with Crippen molar-refractivity contribution in [1.29, 1.82) is 0 Å². The SMILES string of the molecule is C=C(CC=Cc1ccccc1)C(C)O. The molecule has 0 aliphatic heterocycles. The molecule has 0 amide bonds. The zero-order chi connectivity index (χ0) is 10.4. The Balaban J connectivity index is 2.46. The van der Waals surface area contributed by atoms with E-state index in [-0.39, 0.29) is 0 Å². The van der Waals surface area contributed by atoms with Crippen molar-refractivity contribution >= 4 is 6.08 Å². The fourth-order valence-electron chi connectivity index (χ4n) is 1.08. The summed E-state index contributed by atoms with van der Waals surface area (Å²) in [5.74, 6) is 0. The maximum absolute atomic E-state index is 9.18. The van der Waals surface area contributed by atoms with E-state index in [2.05, 4.69) is 6.58 Å². The molecule has 0 aliphatic carbocycles. The molecule has 74 valence electrons. The van der Waals surface area contributed by atoms with Crippen LogP contribution in [0.25, 0.3) is 6.08 Å². The third-order valence-electron chi connectivity index (χ3n) is 2.08. The number of allylic oxidation sites excluding steroid dienone is 1. The molecule has 0 aliphatic rings. The molecule has 14 heavy (non-hydrogen) atoms. The van der Waals surface area contributed by atoms with Gasteiger partial charge in [0.2, 0.25) is 0 Å². The summed E-state index contributed by atoms with van der Waals surface area (Å²) in [5.41, 5.74) is 2.02. The molecule has 0 fully saturated rings. The first-order valence-electron chi connectivity index (χ1n) is 4.77. The van der Waals surface area contributed by atoms with Gasteiger partial charge in [-0.25, -0.2) is 0 Å². The van der Waals surface area contributed by atoms with Gasteiger partial charge in [0, 0.05) is 0 Å². The summed E-state index contributed by atoms with van der Waals surface area (Å²) in [4.78, 5) is 0. The van der Waals surface area contributed by atoms with Crippen LogP contribution in [0.15, 0.2) is 48.6 Å². The van der Waals surface area contributed by atoms with Crippen LogP contribution < -0.4 is 0 Å². The van der Waals surface area contributed by atoms with Crippen LogP contribution >= 0.6 is 0 Å². The highest BCUT2D eigenvalue weighted by molar-refractivity contribution is 5.49. The minimum absolute atomic E-state index is 0.421. The van der Waals surface area contributed by atoms with E-state index in [4.69, 9.17) is 0 Å². The van der Waals surface area contributed by atoms with Gasteiger partial charge in [-0.15, -0.1) is 0 Å². The van der Waals surface area contributed by atoms with Gasteiger partial charge < -0.3 is 5.11 Å². The standard InChI is InChI=1S/C13H16O/c1-11(12(2)14)7-6-10-13-8-4-3-5-9-13/h3-6,8-10,12,14H,1,7H2,2H3. The highest BCUT2D eigenvalue weighted by atomic mass is 16.3. The first-order chi connectivity index (χ1) is 6.70. The predicted octanol–water partition coefficient (Wildman–Crippen LogP) is 3.03. The molecule has 0 spiro atoms. The Hall–Kier alpha value is -1.34. The van der Waals surface area contributed by atoms with E-state index in [1.54, 1.807) is 6.92 Å². The van der Waals surface area contributed by atoms with Crippen molar-refractivity contribution in [2.75, 3.05) is 0 Å². The summed E-state index contributed by atoms with van der Waals surface area (Å²) < 4.78 is 0. The highest BCUT2D eigenvalue weighted by Crippen LogP contribution is 2.07. The Labute approximate surface area is 85.4 Å². The van der Waals surface area contributed by atoms with Crippen molar-refractivity contribution in [1.82, 2.24) is 0 Å². The second-order valence-corrected chi connectivity index (χ2v) is 3.35. The van der Waals surface area contributed by atoms with Crippen LogP contribution in [0.3, 0.4) is 0 Å². The molecule has 0 saturated heterocycles. The van der Waals surface area contributed by atoms with Gasteiger partial charge in [-0.05, 0) is 24.5 Å². The van der Waals surface area contributed by atoms with Gasteiger partial charge in [0.25, 0.3) is 0 Å². The molecule has 1 rings (SSSR count). The van der Waals surface area contributed by atoms with E-state index < -0.39 is 6.10 Å². The van der Waals surface area contributed by atoms with E-state index >= 15 is 0 Å². The van der Waals surface area contributed by atoms with Crippen molar-refractivity contribution in [3.05, 3.63) is 54.1 Å². The normalized spacial score (nSPS) is 13.0. The quantitative estimate of drug-likeness (QED) is 0.720. The first kappa shape index (κ1) is 10.7. The van der Waals surface area contributed by atoms with Gasteiger partial charge in [-0.2, -0.15) is 0 Å². The Morgan fingerprint density at radius 3 is 2.64 bits per heavy atom. The number of aliphatic hydroxyl groups excluding tert-OH is 1. The number of hydrogen-bond donors (Lipinski definition) is 1. The molecular formula is C13H16O. The van der Waals surface area contributed by atoms with Crippen LogP contribution in [0.2, 0.25) is 0 Å². The summed E-state index contributed by atoms with van der Waals surface area (Å²) in [6.07, 6.45) is 4.36. The average molecular weight is 188 g/mol. The van der Waals surface area contributed by atoms with Crippen LogP contribution in [0, 0.1) is 0 Å². The molecule has 1 unspecified atom stereocenters. The van der Waals surface area contributed by atoms with E-state index in [0.29, 0.717) is 0 Å². The molecule has 0 saturated carbocycles. The van der Waals surface area contributed by atoms with Crippen LogP contribution in [0.1, 0.15) is 18.9 Å². The topological polar surface area (TPSA) is 20.2 Å². The van der Waals surface area contributed by atoms with Crippen LogP contribution in [0.5, 0.6) is 0 Å². The van der Waals surface area contributed by atoms with Gasteiger partial charge in [-0.1, -0.05) is 49.1 Å². The van der Waals surface area contributed by atoms with E-state index in [9.17, 15) is 5.11 Å². The third-order valence-corrected chi connectivity index (χ3v) is 2.08.